The van der Waals surface area contributed by atoms with Crippen LogP contribution in [0.25, 0.3) is 11.1 Å². The quantitative estimate of drug-likeness (QED) is 0.715. The molecule has 1 atom stereocenters. The first-order valence-corrected chi connectivity index (χ1v) is 7.95. The van der Waals surface area contributed by atoms with Crippen LogP contribution in [0.5, 0.6) is 0 Å². The molecule has 1 unspecified atom stereocenters. The van der Waals surface area contributed by atoms with Crippen LogP contribution in [0.3, 0.4) is 0 Å². The highest BCUT2D eigenvalue weighted by Crippen LogP contribution is 2.40. The Bertz CT molecular complexity index is 649. The molecule has 1 nitrogen and oxygen atoms in total. The molecule has 1 aliphatic carbocycles. The molecule has 1 N–H and O–H groups in total. The van der Waals surface area contributed by atoms with Crippen molar-refractivity contribution in [3.8, 4) is 11.1 Å². The van der Waals surface area contributed by atoms with Crippen molar-refractivity contribution in [2.75, 3.05) is 6.54 Å². The van der Waals surface area contributed by atoms with Gasteiger partial charge in [0.25, 0.3) is 0 Å². The third kappa shape index (κ3) is 2.63. The Morgan fingerprint density at radius 3 is 2.43 bits per heavy atom. The summed E-state index contributed by atoms with van der Waals surface area (Å²) in [4.78, 5) is 0. The standard InChI is InChI=1S/C20H25N/c1-5-21-19(20(2,3)4)16-11-10-15-12-14-8-6-7-9-17(14)18(15)13-16/h6-11,13,19,21H,5,12H2,1-4H3. The van der Waals surface area contributed by atoms with E-state index in [-0.39, 0.29) is 5.41 Å². The Kier molecular flexibility index (Phi) is 3.62. The maximum atomic E-state index is 3.65. The van der Waals surface area contributed by atoms with E-state index in [4.69, 9.17) is 0 Å². The first-order valence-electron chi connectivity index (χ1n) is 7.95. The summed E-state index contributed by atoms with van der Waals surface area (Å²) in [5.74, 6) is 0. The van der Waals surface area contributed by atoms with Crippen LogP contribution in [0.2, 0.25) is 0 Å². The van der Waals surface area contributed by atoms with Gasteiger partial charge in [-0.25, -0.2) is 0 Å². The molecule has 0 aliphatic heterocycles. The van der Waals surface area contributed by atoms with Crippen LogP contribution in [-0.4, -0.2) is 6.54 Å². The second-order valence-corrected chi connectivity index (χ2v) is 7.11. The molecule has 2 aromatic rings. The predicted molar refractivity (Wildman–Crippen MR) is 90.6 cm³/mol. The molecule has 21 heavy (non-hydrogen) atoms. The average molecular weight is 279 g/mol. The Balaban J connectivity index is 2.05. The molecule has 3 rings (SSSR count). The molecule has 0 aromatic heterocycles. The molecule has 0 saturated carbocycles. The molecule has 0 fully saturated rings. The third-order valence-corrected chi connectivity index (χ3v) is 4.43. The summed E-state index contributed by atoms with van der Waals surface area (Å²) in [5, 5.41) is 3.65. The van der Waals surface area contributed by atoms with Crippen molar-refractivity contribution in [2.24, 2.45) is 5.41 Å². The Morgan fingerprint density at radius 1 is 1.00 bits per heavy atom. The molecule has 1 heteroatoms. The molecule has 0 saturated heterocycles. The molecule has 0 bridgehead atoms. The number of fused-ring (bicyclic) bond motifs is 3. The van der Waals surface area contributed by atoms with Crippen LogP contribution in [-0.2, 0) is 6.42 Å². The first kappa shape index (κ1) is 14.3. The molecule has 0 amide bonds. The van der Waals surface area contributed by atoms with Crippen LogP contribution in [0.15, 0.2) is 42.5 Å². The van der Waals surface area contributed by atoms with Crippen molar-refractivity contribution in [3.05, 3.63) is 59.2 Å². The topological polar surface area (TPSA) is 12.0 Å². The summed E-state index contributed by atoms with van der Waals surface area (Å²) in [6.07, 6.45) is 1.08. The maximum Gasteiger partial charge on any atom is 0.0369 e. The Hall–Kier alpha value is -1.60. The van der Waals surface area contributed by atoms with Crippen LogP contribution < -0.4 is 5.32 Å². The molecule has 0 heterocycles. The molecule has 1 aliphatic rings. The zero-order chi connectivity index (χ0) is 15.0. The van der Waals surface area contributed by atoms with E-state index in [2.05, 4.69) is 75.5 Å². The number of nitrogens with one attached hydrogen (secondary N) is 1. The monoisotopic (exact) mass is 279 g/mol. The highest BCUT2D eigenvalue weighted by molar-refractivity contribution is 5.77. The SMILES string of the molecule is CCNC(c1ccc2c(c1)-c1ccccc1C2)C(C)(C)C. The summed E-state index contributed by atoms with van der Waals surface area (Å²) < 4.78 is 0. The van der Waals surface area contributed by atoms with E-state index in [1.165, 1.54) is 27.8 Å². The number of hydrogen-bond acceptors (Lipinski definition) is 1. The fourth-order valence-corrected chi connectivity index (χ4v) is 3.45. The smallest absolute Gasteiger partial charge is 0.0369 e. The molecule has 0 radical (unpaired) electrons. The molecular weight excluding hydrogens is 254 g/mol. The number of rotatable bonds is 3. The fraction of sp³-hybridized carbons (Fsp3) is 0.400. The van der Waals surface area contributed by atoms with Gasteiger partial charge < -0.3 is 5.32 Å². The van der Waals surface area contributed by atoms with E-state index < -0.39 is 0 Å². The van der Waals surface area contributed by atoms with Gasteiger partial charge in [-0.1, -0.05) is 64.1 Å². The predicted octanol–water partition coefficient (Wildman–Crippen LogP) is 4.95. The van der Waals surface area contributed by atoms with Crippen LogP contribution in [0.1, 0.15) is 50.4 Å². The lowest BCUT2D eigenvalue weighted by Crippen LogP contribution is -2.32. The van der Waals surface area contributed by atoms with E-state index in [1.54, 1.807) is 0 Å². The first-order chi connectivity index (χ1) is 10.0. The van der Waals surface area contributed by atoms with Crippen molar-refractivity contribution < 1.29 is 0 Å². The van der Waals surface area contributed by atoms with Gasteiger partial charge in [0.2, 0.25) is 0 Å². The maximum absolute atomic E-state index is 3.65. The van der Waals surface area contributed by atoms with E-state index >= 15 is 0 Å². The van der Waals surface area contributed by atoms with E-state index in [0.717, 1.165) is 13.0 Å². The van der Waals surface area contributed by atoms with Crippen molar-refractivity contribution >= 4 is 0 Å². The van der Waals surface area contributed by atoms with Gasteiger partial charge >= 0.3 is 0 Å². The third-order valence-electron chi connectivity index (χ3n) is 4.43. The van der Waals surface area contributed by atoms with Crippen LogP contribution in [0.4, 0.5) is 0 Å². The van der Waals surface area contributed by atoms with Crippen LogP contribution in [0, 0.1) is 5.41 Å². The summed E-state index contributed by atoms with van der Waals surface area (Å²) >= 11 is 0. The highest BCUT2D eigenvalue weighted by Gasteiger charge is 2.27. The molecular formula is C20H25N. The average Bonchev–Trinajstić information content (AvgIpc) is 2.81. The van der Waals surface area contributed by atoms with Gasteiger partial charge in [0.1, 0.15) is 0 Å². The minimum absolute atomic E-state index is 0.211. The summed E-state index contributed by atoms with van der Waals surface area (Å²) in [6.45, 7) is 10.1. The summed E-state index contributed by atoms with van der Waals surface area (Å²) in [6, 6.07) is 16.2. The highest BCUT2D eigenvalue weighted by atomic mass is 14.9. The largest absolute Gasteiger partial charge is 0.310 e. The van der Waals surface area contributed by atoms with E-state index in [9.17, 15) is 0 Å². The van der Waals surface area contributed by atoms with Gasteiger partial charge in [0.15, 0.2) is 0 Å². The number of benzene rings is 2. The molecule has 2 aromatic carbocycles. The minimum atomic E-state index is 0.211. The molecule has 0 spiro atoms. The van der Waals surface area contributed by atoms with Crippen molar-refractivity contribution in [2.45, 2.75) is 40.2 Å². The summed E-state index contributed by atoms with van der Waals surface area (Å²) in [7, 11) is 0. The Labute approximate surface area is 128 Å². The fourth-order valence-electron chi connectivity index (χ4n) is 3.45. The second kappa shape index (κ2) is 5.31. The van der Waals surface area contributed by atoms with Crippen molar-refractivity contribution in [1.29, 1.82) is 0 Å². The normalized spacial score (nSPS) is 14.7. The second-order valence-electron chi connectivity index (χ2n) is 7.11. The van der Waals surface area contributed by atoms with Gasteiger partial charge in [-0.2, -0.15) is 0 Å². The van der Waals surface area contributed by atoms with Crippen molar-refractivity contribution in [3.63, 3.8) is 0 Å². The minimum Gasteiger partial charge on any atom is -0.310 e. The van der Waals surface area contributed by atoms with E-state index in [1.807, 2.05) is 0 Å². The van der Waals surface area contributed by atoms with Crippen LogP contribution >= 0.6 is 0 Å². The van der Waals surface area contributed by atoms with E-state index in [0.29, 0.717) is 6.04 Å². The van der Waals surface area contributed by atoms with Gasteiger partial charge in [0.05, 0.1) is 0 Å². The zero-order valence-electron chi connectivity index (χ0n) is 13.5. The number of hydrogen-bond donors (Lipinski definition) is 1. The van der Waals surface area contributed by atoms with Crippen molar-refractivity contribution in [1.82, 2.24) is 5.32 Å². The van der Waals surface area contributed by atoms with Gasteiger partial charge in [-0.05, 0) is 52.3 Å². The lowest BCUT2D eigenvalue weighted by atomic mass is 9.81. The zero-order valence-corrected chi connectivity index (χ0v) is 13.5. The van der Waals surface area contributed by atoms with Gasteiger partial charge in [-0.15, -0.1) is 0 Å². The molecule has 110 valence electrons. The van der Waals surface area contributed by atoms with Gasteiger partial charge in [-0.3, -0.25) is 0 Å². The lowest BCUT2D eigenvalue weighted by Gasteiger charge is -2.32. The summed E-state index contributed by atoms with van der Waals surface area (Å²) in [5.41, 5.74) is 7.38. The van der Waals surface area contributed by atoms with Gasteiger partial charge in [0, 0.05) is 6.04 Å². The Morgan fingerprint density at radius 2 is 1.71 bits per heavy atom. The lowest BCUT2D eigenvalue weighted by molar-refractivity contribution is 0.277.